The Bertz CT molecular complexity index is 735. The number of phenols is 1. The molecule has 4 nitrogen and oxygen atoms in total. The molecule has 0 spiro atoms. The third kappa shape index (κ3) is 2.12. The van der Waals surface area contributed by atoms with Crippen LogP contribution in [0.3, 0.4) is 0 Å². The van der Waals surface area contributed by atoms with Crippen LogP contribution in [-0.4, -0.2) is 22.4 Å². The molecular formula is C16H14N2O2. The summed E-state index contributed by atoms with van der Waals surface area (Å²) in [6.45, 7) is 0. The zero-order valence-electron chi connectivity index (χ0n) is 11.0. The number of methoxy groups -OCH3 is 1. The predicted molar refractivity (Wildman–Crippen MR) is 77.7 cm³/mol. The molecule has 100 valence electrons. The number of rotatable bonds is 3. The van der Waals surface area contributed by atoms with Crippen molar-refractivity contribution in [1.82, 2.24) is 10.2 Å². The number of ether oxygens (including phenoxy) is 1. The Morgan fingerprint density at radius 1 is 1.00 bits per heavy atom. The van der Waals surface area contributed by atoms with Gasteiger partial charge in [-0.3, -0.25) is 5.10 Å². The fourth-order valence-corrected chi connectivity index (χ4v) is 2.16. The van der Waals surface area contributed by atoms with Crippen molar-refractivity contribution >= 4 is 0 Å². The van der Waals surface area contributed by atoms with Gasteiger partial charge in [0.15, 0.2) is 0 Å². The number of hydrogen-bond donors (Lipinski definition) is 2. The molecule has 20 heavy (non-hydrogen) atoms. The molecule has 0 fully saturated rings. The summed E-state index contributed by atoms with van der Waals surface area (Å²) in [4.78, 5) is 0. The third-order valence-electron chi connectivity index (χ3n) is 3.16. The van der Waals surface area contributed by atoms with Crippen LogP contribution in [0.1, 0.15) is 0 Å². The first-order valence-corrected chi connectivity index (χ1v) is 6.27. The molecule has 3 rings (SSSR count). The van der Waals surface area contributed by atoms with Gasteiger partial charge < -0.3 is 9.84 Å². The number of hydrogen-bond acceptors (Lipinski definition) is 3. The van der Waals surface area contributed by atoms with E-state index in [0.717, 1.165) is 28.3 Å². The second kappa shape index (κ2) is 5.09. The quantitative estimate of drug-likeness (QED) is 0.763. The van der Waals surface area contributed by atoms with Crippen molar-refractivity contribution in [3.8, 4) is 34.0 Å². The number of phenolic OH excluding ortho intramolecular Hbond substituents is 1. The molecule has 1 heterocycles. The number of nitrogens with zero attached hydrogens (tertiary/aromatic N) is 1. The topological polar surface area (TPSA) is 58.1 Å². The van der Waals surface area contributed by atoms with Gasteiger partial charge in [0.05, 0.1) is 18.5 Å². The molecule has 2 aromatic carbocycles. The highest BCUT2D eigenvalue weighted by molar-refractivity contribution is 5.74. The van der Waals surface area contributed by atoms with Crippen LogP contribution in [0.4, 0.5) is 0 Å². The van der Waals surface area contributed by atoms with Gasteiger partial charge in [0, 0.05) is 11.1 Å². The monoisotopic (exact) mass is 266 g/mol. The van der Waals surface area contributed by atoms with E-state index in [1.807, 2.05) is 42.5 Å². The first-order valence-electron chi connectivity index (χ1n) is 6.27. The minimum atomic E-state index is 0.225. The van der Waals surface area contributed by atoms with Crippen molar-refractivity contribution in [2.24, 2.45) is 0 Å². The molecule has 0 aliphatic rings. The molecule has 0 saturated carbocycles. The maximum Gasteiger partial charge on any atom is 0.128 e. The van der Waals surface area contributed by atoms with Crippen LogP contribution in [0.5, 0.6) is 11.5 Å². The minimum Gasteiger partial charge on any atom is -0.507 e. The zero-order valence-corrected chi connectivity index (χ0v) is 11.0. The van der Waals surface area contributed by atoms with Crippen molar-refractivity contribution in [3.05, 3.63) is 54.6 Å². The molecule has 1 aromatic heterocycles. The maximum atomic E-state index is 9.87. The zero-order chi connectivity index (χ0) is 13.9. The van der Waals surface area contributed by atoms with Crippen LogP contribution in [0.25, 0.3) is 22.5 Å². The average molecular weight is 266 g/mol. The Kier molecular flexibility index (Phi) is 3.13. The number of H-pyrrole nitrogens is 1. The third-order valence-corrected chi connectivity index (χ3v) is 3.16. The second-order valence-corrected chi connectivity index (χ2v) is 4.38. The lowest BCUT2D eigenvalue weighted by Crippen LogP contribution is -1.87. The highest BCUT2D eigenvalue weighted by Gasteiger charge is 2.11. The number of benzene rings is 2. The lowest BCUT2D eigenvalue weighted by molar-refractivity contribution is 0.416. The molecule has 4 heteroatoms. The normalized spacial score (nSPS) is 10.4. The summed E-state index contributed by atoms with van der Waals surface area (Å²) in [7, 11) is 1.63. The summed E-state index contributed by atoms with van der Waals surface area (Å²) in [5.41, 5.74) is 3.18. The van der Waals surface area contributed by atoms with E-state index in [1.165, 1.54) is 0 Å². The Morgan fingerprint density at radius 3 is 2.45 bits per heavy atom. The van der Waals surface area contributed by atoms with Crippen molar-refractivity contribution in [3.63, 3.8) is 0 Å². The lowest BCUT2D eigenvalue weighted by atomic mass is 10.1. The number of para-hydroxylation sites is 2. The van der Waals surface area contributed by atoms with E-state index >= 15 is 0 Å². The van der Waals surface area contributed by atoms with Gasteiger partial charge in [-0.15, -0.1) is 0 Å². The summed E-state index contributed by atoms with van der Waals surface area (Å²) in [6, 6.07) is 16.7. The predicted octanol–water partition coefficient (Wildman–Crippen LogP) is 3.46. The molecule has 0 unspecified atom stereocenters. The fourth-order valence-electron chi connectivity index (χ4n) is 2.16. The molecule has 2 N–H and O–H groups in total. The van der Waals surface area contributed by atoms with Crippen LogP contribution in [-0.2, 0) is 0 Å². The molecule has 0 aliphatic carbocycles. The minimum absolute atomic E-state index is 0.225. The summed E-state index contributed by atoms with van der Waals surface area (Å²) in [5, 5.41) is 17.1. The van der Waals surface area contributed by atoms with Gasteiger partial charge in [-0.2, -0.15) is 5.10 Å². The first-order chi connectivity index (χ1) is 9.79. The first kappa shape index (κ1) is 12.3. The van der Waals surface area contributed by atoms with Crippen molar-refractivity contribution < 1.29 is 9.84 Å². The van der Waals surface area contributed by atoms with E-state index in [1.54, 1.807) is 19.2 Å². The molecule has 0 saturated heterocycles. The number of nitrogens with one attached hydrogen (secondary N) is 1. The van der Waals surface area contributed by atoms with Gasteiger partial charge in [0.2, 0.25) is 0 Å². The van der Waals surface area contributed by atoms with E-state index in [2.05, 4.69) is 10.2 Å². The van der Waals surface area contributed by atoms with Gasteiger partial charge in [-0.1, -0.05) is 24.3 Å². The highest BCUT2D eigenvalue weighted by atomic mass is 16.5. The van der Waals surface area contributed by atoms with Crippen LogP contribution >= 0.6 is 0 Å². The number of aromatic hydroxyl groups is 1. The van der Waals surface area contributed by atoms with E-state index < -0.39 is 0 Å². The van der Waals surface area contributed by atoms with Gasteiger partial charge in [0.1, 0.15) is 11.5 Å². The standard InChI is InChI=1S/C16H14N2O2/c1-20-16-9-5-3-7-12(16)14-10-13(17-18-14)11-6-2-4-8-15(11)19/h2-10,19H,1H3,(H,17,18). The molecule has 0 amide bonds. The Hall–Kier alpha value is -2.75. The van der Waals surface area contributed by atoms with Crippen LogP contribution in [0.2, 0.25) is 0 Å². The van der Waals surface area contributed by atoms with Gasteiger partial charge in [0.25, 0.3) is 0 Å². The van der Waals surface area contributed by atoms with Gasteiger partial charge >= 0.3 is 0 Å². The lowest BCUT2D eigenvalue weighted by Gasteiger charge is -2.04. The molecule has 0 radical (unpaired) electrons. The van der Waals surface area contributed by atoms with E-state index in [0.29, 0.717) is 0 Å². The number of aromatic amines is 1. The van der Waals surface area contributed by atoms with Crippen molar-refractivity contribution in [1.29, 1.82) is 0 Å². The Morgan fingerprint density at radius 2 is 1.70 bits per heavy atom. The molecular weight excluding hydrogens is 252 g/mol. The molecule has 0 atom stereocenters. The molecule has 0 aliphatic heterocycles. The van der Waals surface area contributed by atoms with E-state index in [-0.39, 0.29) is 5.75 Å². The van der Waals surface area contributed by atoms with Gasteiger partial charge in [-0.05, 0) is 30.3 Å². The smallest absolute Gasteiger partial charge is 0.128 e. The van der Waals surface area contributed by atoms with Gasteiger partial charge in [-0.25, -0.2) is 0 Å². The van der Waals surface area contributed by atoms with Crippen LogP contribution < -0.4 is 4.74 Å². The van der Waals surface area contributed by atoms with E-state index in [4.69, 9.17) is 4.74 Å². The highest BCUT2D eigenvalue weighted by Crippen LogP contribution is 2.33. The fraction of sp³-hybridized carbons (Fsp3) is 0.0625. The summed E-state index contributed by atoms with van der Waals surface area (Å²) in [6.07, 6.45) is 0. The Labute approximate surface area is 116 Å². The van der Waals surface area contributed by atoms with Crippen LogP contribution in [0.15, 0.2) is 54.6 Å². The van der Waals surface area contributed by atoms with Crippen molar-refractivity contribution in [2.75, 3.05) is 7.11 Å². The SMILES string of the molecule is COc1ccccc1-c1cc(-c2ccccc2O)[nH]n1. The second-order valence-electron chi connectivity index (χ2n) is 4.38. The summed E-state index contributed by atoms with van der Waals surface area (Å²) < 4.78 is 5.34. The largest absolute Gasteiger partial charge is 0.507 e. The summed E-state index contributed by atoms with van der Waals surface area (Å²) >= 11 is 0. The number of aromatic nitrogens is 2. The van der Waals surface area contributed by atoms with E-state index in [9.17, 15) is 5.11 Å². The maximum absolute atomic E-state index is 9.87. The average Bonchev–Trinajstić information content (AvgIpc) is 2.97. The molecule has 3 aromatic rings. The Balaban J connectivity index is 2.05. The van der Waals surface area contributed by atoms with Crippen LogP contribution in [0, 0.1) is 0 Å². The van der Waals surface area contributed by atoms with Crippen molar-refractivity contribution in [2.45, 2.75) is 0 Å². The summed E-state index contributed by atoms with van der Waals surface area (Å²) in [5.74, 6) is 0.991. The molecule has 0 bridgehead atoms.